The molecule has 0 bridgehead atoms. The molecule has 4 aromatic rings. The van der Waals surface area contributed by atoms with Gasteiger partial charge in [-0.25, -0.2) is 8.42 Å². The SMILES string of the molecule is CN1CCC(C(=O)N(Cc2ccc(-c3ccc(CNCCc4ccc(S(C)(=O)=O)cc4)cn3)cc2)C2CCN(Cc3ccccc3)CC2)CC1. The summed E-state index contributed by atoms with van der Waals surface area (Å²) in [5.74, 6) is 0.443. The maximum Gasteiger partial charge on any atom is 0.226 e. The van der Waals surface area contributed by atoms with Gasteiger partial charge >= 0.3 is 0 Å². The number of carbonyl (C=O) groups excluding carboxylic acids is 1. The molecule has 2 fully saturated rings. The lowest BCUT2D eigenvalue weighted by Gasteiger charge is -2.41. The molecule has 0 saturated carbocycles. The largest absolute Gasteiger partial charge is 0.335 e. The van der Waals surface area contributed by atoms with Crippen molar-refractivity contribution >= 4 is 15.7 Å². The molecule has 264 valence electrons. The number of rotatable bonds is 13. The highest BCUT2D eigenvalue weighted by molar-refractivity contribution is 7.90. The highest BCUT2D eigenvalue weighted by Crippen LogP contribution is 2.27. The Morgan fingerprint density at radius 1 is 0.800 bits per heavy atom. The van der Waals surface area contributed by atoms with Crippen LogP contribution in [0.2, 0.25) is 0 Å². The third-order valence-corrected chi connectivity index (χ3v) is 11.4. The number of carbonyl (C=O) groups is 1. The number of hydrogen-bond acceptors (Lipinski definition) is 7. The molecule has 3 heterocycles. The van der Waals surface area contributed by atoms with Crippen molar-refractivity contribution in [2.24, 2.45) is 5.92 Å². The van der Waals surface area contributed by atoms with Crippen molar-refractivity contribution in [3.8, 4) is 11.3 Å². The summed E-state index contributed by atoms with van der Waals surface area (Å²) >= 11 is 0. The lowest BCUT2D eigenvalue weighted by Crippen LogP contribution is -2.50. The first-order valence-corrected chi connectivity index (χ1v) is 19.9. The first-order valence-electron chi connectivity index (χ1n) is 18.0. The molecule has 2 aliphatic heterocycles. The Kier molecular flexibility index (Phi) is 12.1. The summed E-state index contributed by atoms with van der Waals surface area (Å²) in [7, 11) is -1.02. The van der Waals surface area contributed by atoms with Crippen LogP contribution < -0.4 is 5.32 Å². The number of pyridine rings is 1. The summed E-state index contributed by atoms with van der Waals surface area (Å²) in [6.07, 6.45) is 7.86. The van der Waals surface area contributed by atoms with E-state index in [9.17, 15) is 13.2 Å². The Hall–Kier alpha value is -3.89. The monoisotopic (exact) mass is 693 g/mol. The fourth-order valence-electron chi connectivity index (χ4n) is 7.15. The summed E-state index contributed by atoms with van der Waals surface area (Å²) in [5, 5.41) is 3.46. The predicted molar refractivity (Wildman–Crippen MR) is 200 cm³/mol. The topological polar surface area (TPSA) is 85.8 Å². The molecule has 0 spiro atoms. The number of nitrogens with one attached hydrogen (secondary N) is 1. The van der Waals surface area contributed by atoms with Gasteiger partial charge in [0.25, 0.3) is 0 Å². The first kappa shape index (κ1) is 35.9. The Morgan fingerprint density at radius 3 is 2.10 bits per heavy atom. The quantitative estimate of drug-likeness (QED) is 0.177. The number of sulfone groups is 1. The van der Waals surface area contributed by atoms with Gasteiger partial charge in [0.05, 0.1) is 10.6 Å². The Morgan fingerprint density at radius 2 is 1.46 bits per heavy atom. The van der Waals surface area contributed by atoms with Crippen LogP contribution in [0.25, 0.3) is 11.3 Å². The molecule has 50 heavy (non-hydrogen) atoms. The zero-order chi connectivity index (χ0) is 34.9. The summed E-state index contributed by atoms with van der Waals surface area (Å²) < 4.78 is 23.4. The molecule has 0 unspecified atom stereocenters. The molecule has 0 aliphatic carbocycles. The van der Waals surface area contributed by atoms with Gasteiger partial charge in [-0.05, 0) is 99.2 Å². The molecule has 1 N–H and O–H groups in total. The van der Waals surface area contributed by atoms with Crippen molar-refractivity contribution in [2.75, 3.05) is 46.0 Å². The molecule has 8 nitrogen and oxygen atoms in total. The number of nitrogens with zero attached hydrogens (tertiary/aromatic N) is 4. The summed E-state index contributed by atoms with van der Waals surface area (Å²) in [4.78, 5) is 26.2. The van der Waals surface area contributed by atoms with Crippen molar-refractivity contribution < 1.29 is 13.2 Å². The van der Waals surface area contributed by atoms with Gasteiger partial charge < -0.3 is 15.1 Å². The van der Waals surface area contributed by atoms with Crippen LogP contribution in [-0.2, 0) is 40.7 Å². The molecule has 0 atom stereocenters. The van der Waals surface area contributed by atoms with Crippen LogP contribution in [0.15, 0.2) is 102 Å². The van der Waals surface area contributed by atoms with Gasteiger partial charge in [-0.3, -0.25) is 14.7 Å². The van der Waals surface area contributed by atoms with Crippen molar-refractivity contribution in [3.63, 3.8) is 0 Å². The van der Waals surface area contributed by atoms with Crippen LogP contribution in [0.1, 0.15) is 47.9 Å². The second-order valence-corrected chi connectivity index (χ2v) is 16.1. The maximum absolute atomic E-state index is 14.1. The van der Waals surface area contributed by atoms with E-state index >= 15 is 0 Å². The van der Waals surface area contributed by atoms with Gasteiger partial charge in [0.1, 0.15) is 0 Å². The van der Waals surface area contributed by atoms with Gasteiger partial charge in [-0.2, -0.15) is 0 Å². The summed E-state index contributed by atoms with van der Waals surface area (Å²) in [6.45, 7) is 7.09. The normalized spacial score (nSPS) is 16.8. The number of likely N-dealkylation sites (tertiary alicyclic amines) is 2. The molecule has 1 aromatic heterocycles. The Labute approximate surface area is 298 Å². The van der Waals surface area contributed by atoms with Crippen molar-refractivity contribution in [1.82, 2.24) is 25.0 Å². The zero-order valence-corrected chi connectivity index (χ0v) is 30.3. The molecule has 9 heteroatoms. The van der Waals surface area contributed by atoms with E-state index < -0.39 is 9.84 Å². The molecule has 0 radical (unpaired) electrons. The Bertz CT molecular complexity index is 1770. The van der Waals surface area contributed by atoms with E-state index in [1.807, 2.05) is 18.3 Å². The first-order chi connectivity index (χ1) is 24.2. The summed E-state index contributed by atoms with van der Waals surface area (Å²) in [5.41, 5.74) is 6.70. The van der Waals surface area contributed by atoms with E-state index in [2.05, 4.69) is 93.8 Å². The van der Waals surface area contributed by atoms with Crippen molar-refractivity contribution in [1.29, 1.82) is 0 Å². The molecule has 2 aliphatic rings. The van der Waals surface area contributed by atoms with Crippen LogP contribution in [-0.4, -0.2) is 86.1 Å². The molecule has 3 aromatic carbocycles. The standard InChI is InChI=1S/C41H51N5O3S/c1-44-24-19-37(20-25-44)41(47)46(38-21-26-45(27-22-38)30-33-6-4-3-5-7-33)31-34-8-13-36(14-9-34)40-17-12-35(29-43-40)28-42-23-18-32-10-15-39(16-11-32)50(2,48)49/h3-17,29,37-38,42H,18-28,30-31H2,1-2H3. The fourth-order valence-corrected chi connectivity index (χ4v) is 7.78. The average molecular weight is 694 g/mol. The van der Waals surface area contributed by atoms with E-state index in [-0.39, 0.29) is 12.0 Å². The number of hydrogen-bond donors (Lipinski definition) is 1. The van der Waals surface area contributed by atoms with Gasteiger partial charge in [0, 0.05) is 62.7 Å². The number of piperidine rings is 2. The van der Waals surface area contributed by atoms with E-state index in [0.717, 1.165) is 99.3 Å². The van der Waals surface area contributed by atoms with Crippen LogP contribution >= 0.6 is 0 Å². The molecular formula is C41H51N5O3S. The lowest BCUT2D eigenvalue weighted by molar-refractivity contribution is -0.141. The minimum Gasteiger partial charge on any atom is -0.335 e. The highest BCUT2D eigenvalue weighted by Gasteiger charge is 2.33. The third-order valence-electron chi connectivity index (χ3n) is 10.3. The fraction of sp³-hybridized carbons (Fsp3) is 0.415. The minimum absolute atomic E-state index is 0.110. The third kappa shape index (κ3) is 9.88. The van der Waals surface area contributed by atoms with Crippen LogP contribution in [0.5, 0.6) is 0 Å². The minimum atomic E-state index is -3.17. The number of amides is 1. The van der Waals surface area contributed by atoms with E-state index in [0.29, 0.717) is 23.9 Å². The maximum atomic E-state index is 14.1. The van der Waals surface area contributed by atoms with Crippen LogP contribution in [0.4, 0.5) is 0 Å². The zero-order valence-electron chi connectivity index (χ0n) is 29.5. The van der Waals surface area contributed by atoms with Gasteiger partial charge in [-0.15, -0.1) is 0 Å². The average Bonchev–Trinajstić information content (AvgIpc) is 3.14. The van der Waals surface area contributed by atoms with Crippen molar-refractivity contribution in [2.45, 2.75) is 62.7 Å². The van der Waals surface area contributed by atoms with E-state index in [1.165, 1.54) is 11.8 Å². The van der Waals surface area contributed by atoms with Crippen LogP contribution in [0, 0.1) is 5.92 Å². The number of benzene rings is 3. The second kappa shape index (κ2) is 16.9. The van der Waals surface area contributed by atoms with Crippen molar-refractivity contribution in [3.05, 3.63) is 119 Å². The molecule has 6 rings (SSSR count). The lowest BCUT2D eigenvalue weighted by atomic mass is 9.93. The number of aromatic nitrogens is 1. The molecular weight excluding hydrogens is 643 g/mol. The van der Waals surface area contributed by atoms with Gasteiger partial charge in [-0.1, -0.05) is 72.8 Å². The van der Waals surface area contributed by atoms with E-state index in [4.69, 9.17) is 4.98 Å². The van der Waals surface area contributed by atoms with Gasteiger partial charge in [0.15, 0.2) is 9.84 Å². The van der Waals surface area contributed by atoms with E-state index in [1.54, 1.807) is 12.1 Å². The smallest absolute Gasteiger partial charge is 0.226 e. The second-order valence-electron chi connectivity index (χ2n) is 14.1. The highest BCUT2D eigenvalue weighted by atomic mass is 32.2. The molecule has 1 amide bonds. The summed E-state index contributed by atoms with van der Waals surface area (Å²) in [6, 6.07) is 30.8. The predicted octanol–water partition coefficient (Wildman–Crippen LogP) is 5.82. The molecule has 2 saturated heterocycles. The Balaban J connectivity index is 1.03. The van der Waals surface area contributed by atoms with Gasteiger partial charge in [0.2, 0.25) is 5.91 Å². The van der Waals surface area contributed by atoms with Crippen LogP contribution in [0.3, 0.4) is 0 Å².